The van der Waals surface area contributed by atoms with Gasteiger partial charge in [-0.2, -0.15) is 0 Å². The molecule has 0 spiro atoms. The summed E-state index contributed by atoms with van der Waals surface area (Å²) in [5.41, 5.74) is 3.41. The van der Waals surface area contributed by atoms with Gasteiger partial charge in [0.25, 0.3) is 0 Å². The Morgan fingerprint density at radius 2 is 1.64 bits per heavy atom. The van der Waals surface area contributed by atoms with E-state index in [-0.39, 0.29) is 6.54 Å². The third-order valence-electron chi connectivity index (χ3n) is 3.74. The van der Waals surface area contributed by atoms with Gasteiger partial charge in [0, 0.05) is 12.2 Å². The highest BCUT2D eigenvalue weighted by atomic mass is 16.5. The minimum Gasteiger partial charge on any atom is -0.493 e. The molecular weight excluding hydrogens is 320 g/mol. The molecule has 2 aromatic carbocycles. The third kappa shape index (κ3) is 4.73. The molecule has 0 unspecified atom stereocenters. The fourth-order valence-electron chi connectivity index (χ4n) is 2.39. The van der Waals surface area contributed by atoms with Crippen molar-refractivity contribution in [3.63, 3.8) is 0 Å². The van der Waals surface area contributed by atoms with Crippen LogP contribution in [-0.2, 0) is 16.1 Å². The average molecular weight is 342 g/mol. The van der Waals surface area contributed by atoms with Crippen LogP contribution < -0.4 is 20.1 Å². The Balaban J connectivity index is 1.96. The Hall–Kier alpha value is -3.02. The van der Waals surface area contributed by atoms with Gasteiger partial charge in [-0.3, -0.25) is 9.59 Å². The first-order valence-corrected chi connectivity index (χ1v) is 7.82. The number of ether oxygens (including phenoxy) is 2. The van der Waals surface area contributed by atoms with Gasteiger partial charge in [-0.15, -0.1) is 0 Å². The Bertz CT molecular complexity index is 787. The molecule has 25 heavy (non-hydrogen) atoms. The number of rotatable bonds is 5. The summed E-state index contributed by atoms with van der Waals surface area (Å²) in [6.45, 7) is 4.05. The number of carbonyl (C=O) groups is 2. The van der Waals surface area contributed by atoms with Gasteiger partial charge >= 0.3 is 11.8 Å². The van der Waals surface area contributed by atoms with E-state index in [1.807, 2.05) is 26.0 Å². The Labute approximate surface area is 147 Å². The second kappa shape index (κ2) is 8.19. The maximum atomic E-state index is 12.0. The Kier molecular flexibility index (Phi) is 6.00. The monoisotopic (exact) mass is 342 g/mol. The number of amides is 2. The zero-order chi connectivity index (χ0) is 18.4. The van der Waals surface area contributed by atoms with Crippen LogP contribution in [0.4, 0.5) is 5.69 Å². The van der Waals surface area contributed by atoms with Gasteiger partial charge in [0.05, 0.1) is 14.2 Å². The summed E-state index contributed by atoms with van der Waals surface area (Å²) < 4.78 is 10.4. The number of benzene rings is 2. The number of hydrogen-bond acceptors (Lipinski definition) is 4. The van der Waals surface area contributed by atoms with Crippen LogP contribution in [-0.4, -0.2) is 26.0 Å². The van der Waals surface area contributed by atoms with Crippen LogP contribution in [0.1, 0.15) is 16.7 Å². The van der Waals surface area contributed by atoms with Gasteiger partial charge in [-0.05, 0) is 43.2 Å². The number of nitrogens with one attached hydrogen (secondary N) is 2. The highest BCUT2D eigenvalue weighted by Crippen LogP contribution is 2.27. The molecule has 0 aliphatic heterocycles. The lowest BCUT2D eigenvalue weighted by atomic mass is 10.1. The van der Waals surface area contributed by atoms with Gasteiger partial charge in [-0.25, -0.2) is 0 Å². The summed E-state index contributed by atoms with van der Waals surface area (Å²) in [5, 5.41) is 5.21. The van der Waals surface area contributed by atoms with E-state index in [1.54, 1.807) is 31.4 Å². The number of methoxy groups -OCH3 is 2. The van der Waals surface area contributed by atoms with Crippen molar-refractivity contribution in [2.24, 2.45) is 0 Å². The van der Waals surface area contributed by atoms with Crippen molar-refractivity contribution in [2.45, 2.75) is 20.4 Å². The molecule has 0 heterocycles. The molecule has 0 fully saturated rings. The van der Waals surface area contributed by atoms with E-state index in [0.29, 0.717) is 17.2 Å². The molecule has 0 aliphatic rings. The van der Waals surface area contributed by atoms with Crippen LogP contribution in [0.15, 0.2) is 36.4 Å². The van der Waals surface area contributed by atoms with Gasteiger partial charge in [0.15, 0.2) is 11.5 Å². The standard InChI is InChI=1S/C19H22N2O4/c1-12-5-7-15(13(2)9-12)21-19(23)18(22)20-11-14-6-8-16(24-3)17(10-14)25-4/h5-10H,11H2,1-4H3,(H,20,22)(H,21,23). The predicted molar refractivity (Wildman–Crippen MR) is 95.9 cm³/mol. The van der Waals surface area contributed by atoms with Gasteiger partial charge in [0.1, 0.15) is 0 Å². The molecule has 2 aromatic rings. The van der Waals surface area contributed by atoms with Crippen molar-refractivity contribution in [3.05, 3.63) is 53.1 Å². The summed E-state index contributed by atoms with van der Waals surface area (Å²) in [6.07, 6.45) is 0. The molecule has 0 aliphatic carbocycles. The van der Waals surface area contributed by atoms with Crippen LogP contribution in [0.2, 0.25) is 0 Å². The number of anilines is 1. The van der Waals surface area contributed by atoms with Gasteiger partial charge in [0.2, 0.25) is 0 Å². The normalized spacial score (nSPS) is 10.1. The smallest absolute Gasteiger partial charge is 0.313 e. The second-order valence-corrected chi connectivity index (χ2v) is 5.64. The van der Waals surface area contributed by atoms with E-state index in [1.165, 1.54) is 7.11 Å². The number of hydrogen-bond donors (Lipinski definition) is 2. The molecule has 6 nitrogen and oxygen atoms in total. The van der Waals surface area contributed by atoms with E-state index in [2.05, 4.69) is 10.6 Å². The lowest BCUT2D eigenvalue weighted by molar-refractivity contribution is -0.136. The fraction of sp³-hybridized carbons (Fsp3) is 0.263. The topological polar surface area (TPSA) is 76.7 Å². The summed E-state index contributed by atoms with van der Waals surface area (Å²) in [5.74, 6) is -0.235. The van der Waals surface area contributed by atoms with Gasteiger partial charge in [-0.1, -0.05) is 23.8 Å². The average Bonchev–Trinajstić information content (AvgIpc) is 2.61. The van der Waals surface area contributed by atoms with Crippen molar-refractivity contribution in [2.75, 3.05) is 19.5 Å². The highest BCUT2D eigenvalue weighted by molar-refractivity contribution is 6.39. The van der Waals surface area contributed by atoms with Crippen molar-refractivity contribution < 1.29 is 19.1 Å². The number of aryl methyl sites for hydroxylation is 2. The summed E-state index contributed by atoms with van der Waals surface area (Å²) >= 11 is 0. The second-order valence-electron chi connectivity index (χ2n) is 5.64. The molecule has 2 N–H and O–H groups in total. The quantitative estimate of drug-likeness (QED) is 0.819. The van der Waals surface area contributed by atoms with Crippen LogP contribution in [0, 0.1) is 13.8 Å². The lowest BCUT2D eigenvalue weighted by Crippen LogP contribution is -2.35. The maximum absolute atomic E-state index is 12.0. The molecule has 0 saturated heterocycles. The molecule has 2 rings (SSSR count). The number of carbonyl (C=O) groups excluding carboxylic acids is 2. The summed E-state index contributed by atoms with van der Waals surface area (Å²) in [6, 6.07) is 10.9. The first-order valence-electron chi connectivity index (χ1n) is 7.82. The van der Waals surface area contributed by atoms with E-state index in [0.717, 1.165) is 16.7 Å². The zero-order valence-corrected chi connectivity index (χ0v) is 14.8. The van der Waals surface area contributed by atoms with E-state index < -0.39 is 11.8 Å². The Morgan fingerprint density at radius 3 is 2.28 bits per heavy atom. The van der Waals surface area contributed by atoms with Crippen molar-refractivity contribution >= 4 is 17.5 Å². The molecule has 0 bridgehead atoms. The molecule has 0 atom stereocenters. The maximum Gasteiger partial charge on any atom is 0.313 e. The molecular formula is C19H22N2O4. The molecule has 6 heteroatoms. The largest absolute Gasteiger partial charge is 0.493 e. The minimum absolute atomic E-state index is 0.208. The van der Waals surface area contributed by atoms with Crippen LogP contribution in [0.3, 0.4) is 0 Å². The van der Waals surface area contributed by atoms with Gasteiger partial charge < -0.3 is 20.1 Å². The van der Waals surface area contributed by atoms with Crippen LogP contribution >= 0.6 is 0 Å². The van der Waals surface area contributed by atoms with E-state index in [9.17, 15) is 9.59 Å². The molecule has 2 amide bonds. The third-order valence-corrected chi connectivity index (χ3v) is 3.74. The van der Waals surface area contributed by atoms with Crippen LogP contribution in [0.25, 0.3) is 0 Å². The zero-order valence-electron chi connectivity index (χ0n) is 14.8. The summed E-state index contributed by atoms with van der Waals surface area (Å²) in [4.78, 5) is 24.0. The molecule has 0 radical (unpaired) electrons. The van der Waals surface area contributed by atoms with E-state index in [4.69, 9.17) is 9.47 Å². The van der Waals surface area contributed by atoms with Crippen molar-refractivity contribution in [1.82, 2.24) is 5.32 Å². The fourth-order valence-corrected chi connectivity index (χ4v) is 2.39. The minimum atomic E-state index is -0.701. The molecule has 132 valence electrons. The van der Waals surface area contributed by atoms with Crippen LogP contribution in [0.5, 0.6) is 11.5 Å². The highest BCUT2D eigenvalue weighted by Gasteiger charge is 2.15. The first kappa shape index (κ1) is 18.3. The SMILES string of the molecule is COc1ccc(CNC(=O)C(=O)Nc2ccc(C)cc2C)cc1OC. The molecule has 0 aromatic heterocycles. The first-order chi connectivity index (χ1) is 11.9. The van der Waals surface area contributed by atoms with Crippen molar-refractivity contribution in [1.29, 1.82) is 0 Å². The summed E-state index contributed by atoms with van der Waals surface area (Å²) in [7, 11) is 3.09. The van der Waals surface area contributed by atoms with Crippen molar-refractivity contribution in [3.8, 4) is 11.5 Å². The van der Waals surface area contributed by atoms with E-state index >= 15 is 0 Å². The lowest BCUT2D eigenvalue weighted by Gasteiger charge is -2.11. The Morgan fingerprint density at radius 1 is 0.920 bits per heavy atom. The predicted octanol–water partition coefficient (Wildman–Crippen LogP) is 2.58. The molecule has 0 saturated carbocycles.